The van der Waals surface area contributed by atoms with E-state index in [0.29, 0.717) is 5.65 Å². The molecule has 1 N–H and O–H groups in total. The fourth-order valence-electron chi connectivity index (χ4n) is 2.99. The quantitative estimate of drug-likeness (QED) is 0.676. The molecule has 9 nitrogen and oxygen atoms in total. The molecule has 0 aliphatic carbocycles. The van der Waals surface area contributed by atoms with Crippen LogP contribution in [0.2, 0.25) is 0 Å². The van der Waals surface area contributed by atoms with Crippen molar-refractivity contribution < 1.29 is 14.3 Å². The molecule has 0 aliphatic rings. The molecule has 0 aliphatic heterocycles. The normalized spacial score (nSPS) is 11.3. The second-order valence-electron chi connectivity index (χ2n) is 8.45. The fourth-order valence-corrected chi connectivity index (χ4v) is 2.99. The number of hydrogen-bond acceptors (Lipinski definition) is 6. The number of carbonyl (C=O) groups is 2. The van der Waals surface area contributed by atoms with Crippen LogP contribution in [0.4, 0.5) is 16.4 Å². The lowest BCUT2D eigenvalue weighted by Crippen LogP contribution is -2.38. The van der Waals surface area contributed by atoms with Crippen LogP contribution in [-0.2, 0) is 9.53 Å². The molecule has 0 atom stereocenters. The molecule has 3 aromatic rings. The molecule has 0 fully saturated rings. The number of pyridine rings is 1. The summed E-state index contributed by atoms with van der Waals surface area (Å²) in [5.74, 6) is -0.247. The molecule has 0 bridgehead atoms. The minimum atomic E-state index is -0.631. The van der Waals surface area contributed by atoms with E-state index in [2.05, 4.69) is 15.4 Å². The van der Waals surface area contributed by atoms with Crippen molar-refractivity contribution in [1.82, 2.24) is 19.5 Å². The summed E-state index contributed by atoms with van der Waals surface area (Å²) in [5.41, 5.74) is 3.09. The Morgan fingerprint density at radius 2 is 1.81 bits per heavy atom. The van der Waals surface area contributed by atoms with Crippen LogP contribution in [0.25, 0.3) is 16.8 Å². The minimum absolute atomic E-state index is 0.167. The lowest BCUT2D eigenvalue weighted by atomic mass is 10.1. The standard InChI is InChI=1S/C22H28N6O3/c1-22(2,3)31-21(30)27(6)14-19(29)24-20-23-18-12-11-15(13-28(18)25-20)16-9-7-8-10-17(16)26(4)5/h7-13H,14H2,1-6H3,(H,24,25,29). The van der Waals surface area contributed by atoms with Crippen molar-refractivity contribution in [3.05, 3.63) is 42.6 Å². The number of nitrogens with zero attached hydrogens (tertiary/aromatic N) is 5. The molecule has 1 aromatic carbocycles. The van der Waals surface area contributed by atoms with Crippen molar-refractivity contribution in [2.24, 2.45) is 0 Å². The van der Waals surface area contributed by atoms with Gasteiger partial charge in [-0.25, -0.2) is 9.31 Å². The highest BCUT2D eigenvalue weighted by Gasteiger charge is 2.21. The van der Waals surface area contributed by atoms with Crippen LogP contribution >= 0.6 is 0 Å². The Morgan fingerprint density at radius 3 is 2.48 bits per heavy atom. The van der Waals surface area contributed by atoms with Crippen molar-refractivity contribution in [1.29, 1.82) is 0 Å². The topological polar surface area (TPSA) is 92.1 Å². The van der Waals surface area contributed by atoms with Crippen LogP contribution in [0.15, 0.2) is 42.6 Å². The zero-order valence-electron chi connectivity index (χ0n) is 18.7. The van der Waals surface area contributed by atoms with Gasteiger partial charge in [-0.05, 0) is 39.0 Å². The summed E-state index contributed by atoms with van der Waals surface area (Å²) in [5, 5.41) is 6.98. The van der Waals surface area contributed by atoms with Gasteiger partial charge in [0, 0.05) is 44.2 Å². The average Bonchev–Trinajstić information content (AvgIpc) is 3.07. The maximum absolute atomic E-state index is 12.3. The van der Waals surface area contributed by atoms with Gasteiger partial charge in [0.15, 0.2) is 5.65 Å². The van der Waals surface area contributed by atoms with Crippen molar-refractivity contribution in [2.45, 2.75) is 26.4 Å². The maximum atomic E-state index is 12.3. The van der Waals surface area contributed by atoms with Gasteiger partial charge >= 0.3 is 6.09 Å². The van der Waals surface area contributed by atoms with Gasteiger partial charge in [0.05, 0.1) is 0 Å². The average molecular weight is 425 g/mol. The van der Waals surface area contributed by atoms with E-state index in [9.17, 15) is 9.59 Å². The van der Waals surface area contributed by atoms with Gasteiger partial charge in [-0.3, -0.25) is 10.1 Å². The number of likely N-dealkylation sites (N-methyl/N-ethyl adjacent to an activating group) is 1. The third kappa shape index (κ3) is 5.50. The van der Waals surface area contributed by atoms with Crippen LogP contribution in [-0.4, -0.2) is 64.8 Å². The lowest BCUT2D eigenvalue weighted by Gasteiger charge is -2.24. The maximum Gasteiger partial charge on any atom is 0.410 e. The van der Waals surface area contributed by atoms with Crippen LogP contribution < -0.4 is 10.2 Å². The van der Waals surface area contributed by atoms with Gasteiger partial charge in [0.2, 0.25) is 11.9 Å². The number of rotatable bonds is 5. The van der Waals surface area contributed by atoms with Crippen molar-refractivity contribution in [3.63, 3.8) is 0 Å². The van der Waals surface area contributed by atoms with Crippen molar-refractivity contribution in [3.8, 4) is 11.1 Å². The first-order chi connectivity index (χ1) is 14.5. The summed E-state index contributed by atoms with van der Waals surface area (Å²) in [6.07, 6.45) is 1.29. The van der Waals surface area contributed by atoms with Gasteiger partial charge < -0.3 is 14.5 Å². The first-order valence-corrected chi connectivity index (χ1v) is 9.90. The molecule has 0 saturated carbocycles. The van der Waals surface area contributed by atoms with E-state index in [-0.39, 0.29) is 12.5 Å². The molecule has 2 heterocycles. The van der Waals surface area contributed by atoms with E-state index >= 15 is 0 Å². The molecular weight excluding hydrogens is 396 g/mol. The molecule has 2 aromatic heterocycles. The van der Waals surface area contributed by atoms with Gasteiger partial charge in [0.25, 0.3) is 0 Å². The van der Waals surface area contributed by atoms with E-state index in [1.54, 1.807) is 25.3 Å². The van der Waals surface area contributed by atoms with Crippen molar-refractivity contribution in [2.75, 3.05) is 37.9 Å². The Balaban J connectivity index is 1.74. The highest BCUT2D eigenvalue weighted by atomic mass is 16.6. The lowest BCUT2D eigenvalue weighted by molar-refractivity contribution is -0.117. The molecule has 2 amide bonds. The van der Waals surface area contributed by atoms with E-state index in [0.717, 1.165) is 16.8 Å². The first kappa shape index (κ1) is 22.1. The Hall–Kier alpha value is -3.62. The smallest absolute Gasteiger partial charge is 0.410 e. The number of fused-ring (bicyclic) bond motifs is 1. The van der Waals surface area contributed by atoms with Gasteiger partial charge in [-0.2, -0.15) is 4.98 Å². The molecule has 0 saturated heterocycles. The van der Waals surface area contributed by atoms with Crippen LogP contribution in [0.5, 0.6) is 0 Å². The monoisotopic (exact) mass is 424 g/mol. The third-order valence-electron chi connectivity index (χ3n) is 4.36. The minimum Gasteiger partial charge on any atom is -0.444 e. The number of amides is 2. The zero-order valence-corrected chi connectivity index (χ0v) is 18.7. The van der Waals surface area contributed by atoms with E-state index in [1.807, 2.05) is 61.6 Å². The highest BCUT2D eigenvalue weighted by molar-refractivity contribution is 5.92. The summed E-state index contributed by atoms with van der Waals surface area (Å²) in [7, 11) is 5.49. The number of ether oxygens (including phenoxy) is 1. The predicted octanol–water partition coefficient (Wildman–Crippen LogP) is 3.27. The number of nitrogens with one attached hydrogen (secondary N) is 1. The molecule has 0 unspecified atom stereocenters. The number of benzene rings is 1. The van der Waals surface area contributed by atoms with Crippen LogP contribution in [0.3, 0.4) is 0 Å². The molecule has 0 spiro atoms. The summed E-state index contributed by atoms with van der Waals surface area (Å²) in [6, 6.07) is 11.9. The van der Waals surface area contributed by atoms with E-state index < -0.39 is 17.6 Å². The molecular formula is C22H28N6O3. The molecule has 0 radical (unpaired) electrons. The number of aromatic nitrogens is 3. The SMILES string of the molecule is CN(CC(=O)Nc1nc2ccc(-c3ccccc3N(C)C)cn2n1)C(=O)OC(C)(C)C. The second-order valence-corrected chi connectivity index (χ2v) is 8.45. The number of carbonyl (C=O) groups excluding carboxylic acids is 2. The van der Waals surface area contributed by atoms with E-state index in [4.69, 9.17) is 4.74 Å². The Kier molecular flexibility index (Phi) is 6.14. The predicted molar refractivity (Wildman–Crippen MR) is 120 cm³/mol. The third-order valence-corrected chi connectivity index (χ3v) is 4.36. The Morgan fingerprint density at radius 1 is 1.10 bits per heavy atom. The fraction of sp³-hybridized carbons (Fsp3) is 0.364. The molecule has 164 valence electrons. The summed E-state index contributed by atoms with van der Waals surface area (Å²) in [4.78, 5) is 31.9. The van der Waals surface area contributed by atoms with Crippen molar-refractivity contribution >= 4 is 29.3 Å². The number of hydrogen-bond donors (Lipinski definition) is 1. The molecule has 3 rings (SSSR count). The first-order valence-electron chi connectivity index (χ1n) is 9.90. The van der Waals surface area contributed by atoms with Crippen LogP contribution in [0.1, 0.15) is 20.8 Å². The largest absolute Gasteiger partial charge is 0.444 e. The molecule has 9 heteroatoms. The summed E-state index contributed by atoms with van der Waals surface area (Å²) in [6.45, 7) is 5.13. The summed E-state index contributed by atoms with van der Waals surface area (Å²) < 4.78 is 6.87. The van der Waals surface area contributed by atoms with Gasteiger partial charge in [-0.15, -0.1) is 5.10 Å². The van der Waals surface area contributed by atoms with Gasteiger partial charge in [-0.1, -0.05) is 18.2 Å². The summed E-state index contributed by atoms with van der Waals surface area (Å²) >= 11 is 0. The van der Waals surface area contributed by atoms with E-state index in [1.165, 1.54) is 11.9 Å². The zero-order chi connectivity index (χ0) is 22.8. The van der Waals surface area contributed by atoms with Crippen LogP contribution in [0, 0.1) is 0 Å². The number of para-hydroxylation sites is 1. The molecule has 31 heavy (non-hydrogen) atoms. The Labute approximate surface area is 181 Å². The second kappa shape index (κ2) is 8.63. The number of anilines is 2. The Bertz CT molecular complexity index is 1100. The highest BCUT2D eigenvalue weighted by Crippen LogP contribution is 2.29. The van der Waals surface area contributed by atoms with Gasteiger partial charge in [0.1, 0.15) is 12.1 Å².